The predicted octanol–water partition coefficient (Wildman–Crippen LogP) is 2.24. The third-order valence-corrected chi connectivity index (χ3v) is 4.22. The summed E-state index contributed by atoms with van der Waals surface area (Å²) in [6.45, 7) is 0. The van der Waals surface area contributed by atoms with Crippen molar-refractivity contribution in [1.82, 2.24) is 4.31 Å². The number of hydrogen-bond acceptors (Lipinski definition) is 2. The molecule has 0 heterocycles. The lowest BCUT2D eigenvalue weighted by Crippen LogP contribution is -2.22. The summed E-state index contributed by atoms with van der Waals surface area (Å²) in [5.74, 6) is 0. The molecule has 0 amide bonds. The Morgan fingerprint density at radius 3 is 2.14 bits per heavy atom. The van der Waals surface area contributed by atoms with Gasteiger partial charge >= 0.3 is 0 Å². The van der Waals surface area contributed by atoms with Gasteiger partial charge in [0.2, 0.25) is 10.0 Å². The highest BCUT2D eigenvalue weighted by Gasteiger charge is 2.17. The molecule has 0 spiro atoms. The van der Waals surface area contributed by atoms with Crippen LogP contribution in [-0.4, -0.2) is 26.8 Å². The maximum absolute atomic E-state index is 11.6. The molecule has 0 aliphatic rings. The highest BCUT2D eigenvalue weighted by atomic mass is 35.5. The first-order valence-corrected chi connectivity index (χ1v) is 5.93. The van der Waals surface area contributed by atoms with Gasteiger partial charge in [-0.1, -0.05) is 23.2 Å². The highest BCUT2D eigenvalue weighted by molar-refractivity contribution is 7.89. The number of nitrogens with zero attached hydrogens (tertiary/aromatic N) is 1. The fourth-order valence-corrected chi connectivity index (χ4v) is 2.14. The molecule has 0 saturated carbocycles. The second-order valence-corrected chi connectivity index (χ2v) is 5.83. The van der Waals surface area contributed by atoms with Gasteiger partial charge in [-0.2, -0.15) is 0 Å². The number of sulfonamides is 1. The molecule has 1 aromatic carbocycles. The summed E-state index contributed by atoms with van der Waals surface area (Å²) in [5.41, 5.74) is 0. The molecule has 0 aliphatic carbocycles. The maximum Gasteiger partial charge on any atom is 0.242 e. The molecule has 0 radical (unpaired) electrons. The Kier molecular flexibility index (Phi) is 3.42. The van der Waals surface area contributed by atoms with E-state index >= 15 is 0 Å². The average molecular weight is 254 g/mol. The smallest absolute Gasteiger partial charge is 0.207 e. The lowest BCUT2D eigenvalue weighted by Gasteiger charge is -2.11. The minimum atomic E-state index is -3.43. The highest BCUT2D eigenvalue weighted by Crippen LogP contribution is 2.25. The minimum absolute atomic E-state index is 0.136. The molecule has 0 bridgehead atoms. The van der Waals surface area contributed by atoms with Crippen LogP contribution in [-0.2, 0) is 10.0 Å². The SMILES string of the molecule is CN(C)S(=O)(=O)c1ccc(Cl)c(Cl)c1. The number of hydrogen-bond donors (Lipinski definition) is 0. The Morgan fingerprint density at radius 2 is 1.71 bits per heavy atom. The van der Waals surface area contributed by atoms with Crippen LogP contribution in [0.2, 0.25) is 10.0 Å². The first kappa shape index (κ1) is 11.8. The number of rotatable bonds is 2. The Balaban J connectivity index is 3.29. The van der Waals surface area contributed by atoms with Crippen LogP contribution in [0.5, 0.6) is 0 Å². The van der Waals surface area contributed by atoms with E-state index in [1.54, 1.807) is 0 Å². The summed E-state index contributed by atoms with van der Waals surface area (Å²) in [6.07, 6.45) is 0. The van der Waals surface area contributed by atoms with Crippen LogP contribution in [0.4, 0.5) is 0 Å². The van der Waals surface area contributed by atoms with Gasteiger partial charge < -0.3 is 0 Å². The van der Waals surface area contributed by atoms with Gasteiger partial charge in [-0.05, 0) is 18.2 Å². The molecule has 6 heteroatoms. The first-order chi connectivity index (χ1) is 6.35. The number of benzene rings is 1. The number of halogens is 2. The molecule has 14 heavy (non-hydrogen) atoms. The second kappa shape index (κ2) is 4.06. The summed E-state index contributed by atoms with van der Waals surface area (Å²) < 4.78 is 24.4. The van der Waals surface area contributed by atoms with Crippen molar-refractivity contribution in [2.45, 2.75) is 4.90 Å². The molecular weight excluding hydrogens is 245 g/mol. The summed E-state index contributed by atoms with van der Waals surface area (Å²) in [4.78, 5) is 0.136. The fraction of sp³-hybridized carbons (Fsp3) is 0.250. The van der Waals surface area contributed by atoms with Gasteiger partial charge in [0, 0.05) is 14.1 Å². The van der Waals surface area contributed by atoms with E-state index in [0.29, 0.717) is 5.02 Å². The van der Waals surface area contributed by atoms with Crippen LogP contribution in [0.1, 0.15) is 0 Å². The average Bonchev–Trinajstić information content (AvgIpc) is 2.09. The van der Waals surface area contributed by atoms with Crippen molar-refractivity contribution in [2.24, 2.45) is 0 Å². The molecule has 0 atom stereocenters. The van der Waals surface area contributed by atoms with Crippen molar-refractivity contribution in [3.05, 3.63) is 28.2 Å². The lowest BCUT2D eigenvalue weighted by atomic mass is 10.4. The van der Waals surface area contributed by atoms with Gasteiger partial charge in [0.15, 0.2) is 0 Å². The van der Waals surface area contributed by atoms with Crippen LogP contribution in [0.25, 0.3) is 0 Å². The fourth-order valence-electron chi connectivity index (χ4n) is 0.848. The summed E-state index contributed by atoms with van der Waals surface area (Å²) in [5, 5.41) is 0.568. The van der Waals surface area contributed by atoms with Gasteiger partial charge in [0.1, 0.15) is 0 Å². The summed E-state index contributed by atoms with van der Waals surface area (Å²) in [7, 11) is -0.514. The molecule has 0 aromatic heterocycles. The molecule has 3 nitrogen and oxygen atoms in total. The van der Waals surface area contributed by atoms with E-state index in [2.05, 4.69) is 0 Å². The Morgan fingerprint density at radius 1 is 1.14 bits per heavy atom. The Labute approximate surface area is 93.3 Å². The molecule has 1 aromatic rings. The molecule has 0 unspecified atom stereocenters. The zero-order chi connectivity index (χ0) is 10.9. The van der Waals surface area contributed by atoms with Crippen LogP contribution in [0, 0.1) is 0 Å². The normalized spacial score (nSPS) is 12.1. The van der Waals surface area contributed by atoms with Crippen LogP contribution in [0.15, 0.2) is 23.1 Å². The maximum atomic E-state index is 11.6. The van der Waals surface area contributed by atoms with E-state index in [1.165, 1.54) is 32.3 Å². The van der Waals surface area contributed by atoms with E-state index in [9.17, 15) is 8.42 Å². The third-order valence-electron chi connectivity index (χ3n) is 1.67. The molecule has 1 rings (SSSR count). The zero-order valence-electron chi connectivity index (χ0n) is 7.66. The Hall–Kier alpha value is -0.290. The van der Waals surface area contributed by atoms with E-state index < -0.39 is 10.0 Å². The van der Waals surface area contributed by atoms with Crippen molar-refractivity contribution < 1.29 is 8.42 Å². The van der Waals surface area contributed by atoms with Gasteiger partial charge in [0.25, 0.3) is 0 Å². The monoisotopic (exact) mass is 253 g/mol. The van der Waals surface area contributed by atoms with Gasteiger partial charge in [-0.3, -0.25) is 0 Å². The largest absolute Gasteiger partial charge is 0.242 e. The summed E-state index contributed by atoms with van der Waals surface area (Å²) in [6, 6.07) is 4.21. The second-order valence-electron chi connectivity index (χ2n) is 2.86. The van der Waals surface area contributed by atoms with E-state index in [-0.39, 0.29) is 9.92 Å². The van der Waals surface area contributed by atoms with Gasteiger partial charge in [0.05, 0.1) is 14.9 Å². The molecule has 78 valence electrons. The molecule has 0 fully saturated rings. The topological polar surface area (TPSA) is 37.4 Å². The van der Waals surface area contributed by atoms with Crippen LogP contribution < -0.4 is 0 Å². The van der Waals surface area contributed by atoms with Crippen molar-refractivity contribution in [3.63, 3.8) is 0 Å². The van der Waals surface area contributed by atoms with Crippen molar-refractivity contribution in [1.29, 1.82) is 0 Å². The molecule has 0 saturated heterocycles. The van der Waals surface area contributed by atoms with E-state index in [4.69, 9.17) is 23.2 Å². The van der Waals surface area contributed by atoms with Crippen molar-refractivity contribution in [2.75, 3.05) is 14.1 Å². The lowest BCUT2D eigenvalue weighted by molar-refractivity contribution is 0.521. The third kappa shape index (κ3) is 2.20. The van der Waals surface area contributed by atoms with E-state index in [0.717, 1.165) is 4.31 Å². The zero-order valence-corrected chi connectivity index (χ0v) is 9.99. The molecule has 0 N–H and O–H groups in total. The van der Waals surface area contributed by atoms with E-state index in [1.807, 2.05) is 0 Å². The standard InChI is InChI=1S/C8H9Cl2NO2S/c1-11(2)14(12,13)6-3-4-7(9)8(10)5-6/h3-5H,1-2H3. The Bertz CT molecular complexity index is 443. The van der Waals surface area contributed by atoms with Gasteiger partial charge in [-0.15, -0.1) is 0 Å². The molecular formula is C8H9Cl2NO2S. The van der Waals surface area contributed by atoms with Crippen molar-refractivity contribution >= 4 is 33.2 Å². The van der Waals surface area contributed by atoms with Crippen molar-refractivity contribution in [3.8, 4) is 0 Å². The molecule has 0 aliphatic heterocycles. The summed E-state index contributed by atoms with van der Waals surface area (Å²) >= 11 is 11.4. The predicted molar refractivity (Wildman–Crippen MR) is 57.3 cm³/mol. The van der Waals surface area contributed by atoms with Crippen LogP contribution >= 0.6 is 23.2 Å². The van der Waals surface area contributed by atoms with Gasteiger partial charge in [-0.25, -0.2) is 12.7 Å². The van der Waals surface area contributed by atoms with Crippen LogP contribution in [0.3, 0.4) is 0 Å². The first-order valence-electron chi connectivity index (χ1n) is 3.73. The minimum Gasteiger partial charge on any atom is -0.207 e. The quantitative estimate of drug-likeness (QED) is 0.811.